The van der Waals surface area contributed by atoms with Crippen LogP contribution in [0.25, 0.3) is 0 Å². The molecule has 1 aromatic heterocycles. The third-order valence-electron chi connectivity index (χ3n) is 1.78. The fourth-order valence-corrected chi connectivity index (χ4v) is 2.10. The van der Waals surface area contributed by atoms with Gasteiger partial charge in [-0.25, -0.2) is 22.9 Å². The number of sulfonamides is 1. The van der Waals surface area contributed by atoms with Crippen LogP contribution >= 0.6 is 11.3 Å². The first-order valence-corrected chi connectivity index (χ1v) is 7.87. The molecular formula is C9H13N3O5S2. The first kappa shape index (κ1) is 15.5. The molecular weight excluding hydrogens is 294 g/mol. The van der Waals surface area contributed by atoms with Crippen LogP contribution in [0.3, 0.4) is 0 Å². The summed E-state index contributed by atoms with van der Waals surface area (Å²) in [5.74, 6) is -1.26. The molecule has 106 valence electrons. The summed E-state index contributed by atoms with van der Waals surface area (Å²) < 4.78 is 23.7. The summed E-state index contributed by atoms with van der Waals surface area (Å²) in [6.45, 7) is 1.67. The number of nitrogens with one attached hydrogen (secondary N) is 1. The van der Waals surface area contributed by atoms with E-state index in [4.69, 9.17) is 9.94 Å². The van der Waals surface area contributed by atoms with Gasteiger partial charge >= 0.3 is 5.97 Å². The number of aryl methyl sites for hydroxylation is 1. The van der Waals surface area contributed by atoms with E-state index in [0.717, 1.165) is 6.26 Å². The fourth-order valence-electron chi connectivity index (χ4n) is 1.05. The van der Waals surface area contributed by atoms with Gasteiger partial charge in [0.2, 0.25) is 15.7 Å². The molecule has 0 radical (unpaired) electrons. The van der Waals surface area contributed by atoms with Crippen molar-refractivity contribution in [2.75, 3.05) is 19.4 Å². The Morgan fingerprint density at radius 1 is 1.63 bits per heavy atom. The molecule has 8 nitrogen and oxygen atoms in total. The molecule has 0 unspecified atom stereocenters. The van der Waals surface area contributed by atoms with E-state index in [2.05, 4.69) is 14.9 Å². The highest BCUT2D eigenvalue weighted by Gasteiger charge is 2.16. The molecule has 19 heavy (non-hydrogen) atoms. The molecule has 1 heterocycles. The highest BCUT2D eigenvalue weighted by Crippen LogP contribution is 2.09. The molecule has 0 bridgehead atoms. The maximum absolute atomic E-state index is 11.0. The number of carboxylic acids is 1. The van der Waals surface area contributed by atoms with Crippen molar-refractivity contribution in [3.8, 4) is 0 Å². The lowest BCUT2D eigenvalue weighted by Crippen LogP contribution is -2.26. The van der Waals surface area contributed by atoms with Gasteiger partial charge in [0.1, 0.15) is 12.3 Å². The Kier molecular flexibility index (Phi) is 5.39. The molecule has 0 aliphatic carbocycles. The van der Waals surface area contributed by atoms with E-state index in [1.807, 2.05) is 0 Å². The van der Waals surface area contributed by atoms with Crippen LogP contribution in [-0.2, 0) is 19.7 Å². The number of hydrogen-bond acceptors (Lipinski definition) is 7. The number of rotatable bonds is 7. The van der Waals surface area contributed by atoms with Crippen LogP contribution in [0, 0.1) is 6.92 Å². The van der Waals surface area contributed by atoms with Crippen LogP contribution in [-0.4, -0.2) is 49.6 Å². The minimum Gasteiger partial charge on any atom is -0.476 e. The lowest BCUT2D eigenvalue weighted by molar-refractivity contribution is -0.129. The summed E-state index contributed by atoms with van der Waals surface area (Å²) in [7, 11) is -3.30. The number of nitrogens with zero attached hydrogens (tertiary/aromatic N) is 2. The lowest BCUT2D eigenvalue weighted by Gasteiger charge is -2.02. The van der Waals surface area contributed by atoms with Gasteiger partial charge < -0.3 is 9.94 Å². The van der Waals surface area contributed by atoms with Gasteiger partial charge in [-0.15, -0.1) is 11.3 Å². The van der Waals surface area contributed by atoms with Crippen molar-refractivity contribution in [2.45, 2.75) is 6.92 Å². The van der Waals surface area contributed by atoms with Gasteiger partial charge in [-0.2, -0.15) is 0 Å². The molecule has 1 aromatic rings. The first-order valence-electron chi connectivity index (χ1n) is 5.10. The van der Waals surface area contributed by atoms with Crippen LogP contribution in [0.1, 0.15) is 10.7 Å². The van der Waals surface area contributed by atoms with Crippen molar-refractivity contribution in [1.82, 2.24) is 9.71 Å². The van der Waals surface area contributed by atoms with Crippen LogP contribution in [0.4, 0.5) is 0 Å². The predicted octanol–water partition coefficient (Wildman–Crippen LogP) is -0.194. The van der Waals surface area contributed by atoms with Crippen molar-refractivity contribution in [3.05, 3.63) is 16.1 Å². The predicted molar refractivity (Wildman–Crippen MR) is 69.8 cm³/mol. The molecule has 0 aliphatic rings. The topological polar surface area (TPSA) is 118 Å². The molecule has 0 amide bonds. The standard InChI is InChI=1S/C9H13N3O5S2/c1-6-11-7(5-18-6)8(9(13)14)12-17-4-3-10-19(2,15)16/h5,10H,3-4H2,1-2H3,(H,13,14)/b12-8-. The molecule has 0 saturated carbocycles. The number of hydrogen-bond donors (Lipinski definition) is 2. The zero-order valence-electron chi connectivity index (χ0n) is 10.3. The third kappa shape index (κ3) is 5.77. The molecule has 0 spiro atoms. The Morgan fingerprint density at radius 3 is 2.79 bits per heavy atom. The Bertz CT molecular complexity index is 578. The van der Waals surface area contributed by atoms with E-state index >= 15 is 0 Å². The number of carbonyl (C=O) groups is 1. The monoisotopic (exact) mass is 307 g/mol. The second kappa shape index (κ2) is 6.59. The van der Waals surface area contributed by atoms with Crippen LogP contribution in [0.5, 0.6) is 0 Å². The van der Waals surface area contributed by atoms with Crippen LogP contribution < -0.4 is 4.72 Å². The molecule has 0 aliphatic heterocycles. The van der Waals surface area contributed by atoms with Crippen molar-refractivity contribution in [2.24, 2.45) is 5.16 Å². The molecule has 0 saturated heterocycles. The smallest absolute Gasteiger partial charge is 0.360 e. The van der Waals surface area contributed by atoms with Gasteiger partial charge in [-0.3, -0.25) is 0 Å². The van der Waals surface area contributed by atoms with Gasteiger partial charge in [0.05, 0.1) is 11.3 Å². The zero-order chi connectivity index (χ0) is 14.5. The van der Waals surface area contributed by atoms with Gasteiger partial charge in [0.25, 0.3) is 0 Å². The summed E-state index contributed by atoms with van der Waals surface area (Å²) in [6, 6.07) is 0. The average molecular weight is 307 g/mol. The number of carboxylic acid groups (broad SMARTS) is 1. The Labute approximate surface area is 114 Å². The van der Waals surface area contributed by atoms with Crippen molar-refractivity contribution < 1.29 is 23.2 Å². The summed E-state index contributed by atoms with van der Waals surface area (Å²) in [5.41, 5.74) is -0.102. The first-order chi connectivity index (χ1) is 8.79. The highest BCUT2D eigenvalue weighted by molar-refractivity contribution is 7.88. The number of oxime groups is 1. The molecule has 0 aromatic carbocycles. The van der Waals surface area contributed by atoms with E-state index in [1.54, 1.807) is 12.3 Å². The van der Waals surface area contributed by atoms with E-state index in [-0.39, 0.29) is 24.6 Å². The van der Waals surface area contributed by atoms with Crippen LogP contribution in [0.2, 0.25) is 0 Å². The van der Waals surface area contributed by atoms with E-state index in [0.29, 0.717) is 5.01 Å². The molecule has 2 N–H and O–H groups in total. The van der Waals surface area contributed by atoms with Gasteiger partial charge in [-0.1, -0.05) is 5.16 Å². The normalized spacial score (nSPS) is 12.4. The largest absolute Gasteiger partial charge is 0.476 e. The van der Waals surface area contributed by atoms with Gasteiger partial charge in [0, 0.05) is 11.9 Å². The van der Waals surface area contributed by atoms with Crippen molar-refractivity contribution in [1.29, 1.82) is 0 Å². The summed E-state index contributed by atoms with van der Waals surface area (Å²) in [6.07, 6.45) is 1.01. The SMILES string of the molecule is Cc1nc(/C(=N/OCCNS(C)(=O)=O)C(=O)O)cs1. The number of aromatic nitrogens is 1. The minimum atomic E-state index is -3.30. The van der Waals surface area contributed by atoms with E-state index in [1.165, 1.54) is 11.3 Å². The highest BCUT2D eigenvalue weighted by atomic mass is 32.2. The number of aliphatic carboxylic acids is 1. The Morgan fingerprint density at radius 2 is 2.32 bits per heavy atom. The Balaban J connectivity index is 2.58. The van der Waals surface area contributed by atoms with Crippen molar-refractivity contribution >= 4 is 33.0 Å². The second-order valence-corrected chi connectivity index (χ2v) is 6.39. The minimum absolute atomic E-state index is 0.00528. The number of thiazole rings is 1. The van der Waals surface area contributed by atoms with Crippen LogP contribution in [0.15, 0.2) is 10.5 Å². The average Bonchev–Trinajstić information content (AvgIpc) is 2.67. The summed E-state index contributed by atoms with van der Waals surface area (Å²) >= 11 is 1.29. The maximum atomic E-state index is 11.0. The lowest BCUT2D eigenvalue weighted by atomic mass is 10.3. The van der Waals surface area contributed by atoms with E-state index in [9.17, 15) is 13.2 Å². The molecule has 0 atom stereocenters. The zero-order valence-corrected chi connectivity index (χ0v) is 11.9. The fraction of sp³-hybridized carbons (Fsp3) is 0.444. The van der Waals surface area contributed by atoms with Gasteiger partial charge in [-0.05, 0) is 6.92 Å². The quantitative estimate of drug-likeness (QED) is 0.409. The summed E-state index contributed by atoms with van der Waals surface area (Å²) in [4.78, 5) is 19.7. The third-order valence-corrected chi connectivity index (χ3v) is 3.28. The Hall–Kier alpha value is -1.52. The maximum Gasteiger partial charge on any atom is 0.360 e. The molecule has 1 rings (SSSR count). The summed E-state index contributed by atoms with van der Waals surface area (Å²) in [5, 5.41) is 14.7. The van der Waals surface area contributed by atoms with Crippen molar-refractivity contribution in [3.63, 3.8) is 0 Å². The van der Waals surface area contributed by atoms with E-state index < -0.39 is 16.0 Å². The van der Waals surface area contributed by atoms with Gasteiger partial charge in [0.15, 0.2) is 0 Å². The second-order valence-electron chi connectivity index (χ2n) is 3.50. The molecule has 10 heteroatoms. The molecule has 0 fully saturated rings.